The van der Waals surface area contributed by atoms with Crippen LogP contribution in [0.25, 0.3) is 11.1 Å². The molecule has 0 radical (unpaired) electrons. The Morgan fingerprint density at radius 1 is 1.06 bits per heavy atom. The zero-order valence-electron chi connectivity index (χ0n) is 16.5. The summed E-state index contributed by atoms with van der Waals surface area (Å²) in [6.07, 6.45) is 0. The highest BCUT2D eigenvalue weighted by molar-refractivity contribution is 6.00. The first-order valence-corrected chi connectivity index (χ1v) is 9.21. The lowest BCUT2D eigenvalue weighted by molar-refractivity contribution is -0.384. The molecular formula is C23H17N3O5. The number of nitriles is 1. The van der Waals surface area contributed by atoms with Gasteiger partial charge in [0.05, 0.1) is 27.8 Å². The first-order chi connectivity index (χ1) is 14.9. The number of aryl methyl sites for hydroxylation is 1. The number of esters is 1. The number of hydrogen-bond donors (Lipinski definition) is 1. The van der Waals surface area contributed by atoms with Crippen molar-refractivity contribution in [1.82, 2.24) is 0 Å². The first kappa shape index (κ1) is 21.2. The number of anilines is 1. The van der Waals surface area contributed by atoms with Gasteiger partial charge in [0.1, 0.15) is 0 Å². The molecule has 8 nitrogen and oxygen atoms in total. The van der Waals surface area contributed by atoms with Crippen molar-refractivity contribution in [2.24, 2.45) is 0 Å². The largest absolute Gasteiger partial charge is 0.452 e. The molecule has 0 aliphatic rings. The van der Waals surface area contributed by atoms with E-state index in [0.717, 1.165) is 0 Å². The predicted octanol–water partition coefficient (Wildman–Crippen LogP) is 4.24. The third-order valence-electron chi connectivity index (χ3n) is 4.53. The van der Waals surface area contributed by atoms with Gasteiger partial charge in [-0.2, -0.15) is 5.26 Å². The van der Waals surface area contributed by atoms with Crippen LogP contribution in [-0.2, 0) is 9.53 Å². The number of hydrogen-bond acceptors (Lipinski definition) is 6. The zero-order valence-corrected chi connectivity index (χ0v) is 16.5. The Kier molecular flexibility index (Phi) is 6.38. The summed E-state index contributed by atoms with van der Waals surface area (Å²) in [6, 6.07) is 19.7. The van der Waals surface area contributed by atoms with Crippen LogP contribution in [0.2, 0.25) is 0 Å². The van der Waals surface area contributed by atoms with Gasteiger partial charge < -0.3 is 10.1 Å². The Bertz CT molecular complexity index is 1210. The summed E-state index contributed by atoms with van der Waals surface area (Å²) >= 11 is 0. The standard InChI is InChI=1S/C23H17N3O5/c1-15-10-11-17(26(29)30)12-21(15)25-22(27)14-31-23(28)20-9-5-4-8-19(20)18-7-3-2-6-16(18)13-24/h2-12H,14H2,1H3,(H,25,27). The number of benzene rings is 3. The number of nitrogens with zero attached hydrogens (tertiary/aromatic N) is 2. The Morgan fingerprint density at radius 2 is 1.74 bits per heavy atom. The minimum Gasteiger partial charge on any atom is -0.452 e. The Balaban J connectivity index is 1.74. The second kappa shape index (κ2) is 9.33. The van der Waals surface area contributed by atoms with E-state index in [1.54, 1.807) is 55.5 Å². The molecule has 0 fully saturated rings. The van der Waals surface area contributed by atoms with Crippen molar-refractivity contribution in [2.45, 2.75) is 6.92 Å². The summed E-state index contributed by atoms with van der Waals surface area (Å²) in [4.78, 5) is 35.2. The highest BCUT2D eigenvalue weighted by Gasteiger charge is 2.18. The molecule has 1 amide bonds. The number of nitro groups is 1. The summed E-state index contributed by atoms with van der Waals surface area (Å²) in [5.41, 5.74) is 2.44. The first-order valence-electron chi connectivity index (χ1n) is 9.21. The van der Waals surface area contributed by atoms with E-state index < -0.39 is 23.4 Å². The SMILES string of the molecule is Cc1ccc([N+](=O)[O-])cc1NC(=O)COC(=O)c1ccccc1-c1ccccc1C#N. The topological polar surface area (TPSA) is 122 Å². The number of amides is 1. The molecular weight excluding hydrogens is 398 g/mol. The molecule has 0 aliphatic heterocycles. The number of carbonyl (C=O) groups is 2. The van der Waals surface area contributed by atoms with Gasteiger partial charge in [0.25, 0.3) is 11.6 Å². The molecule has 3 rings (SSSR count). The maximum absolute atomic E-state index is 12.6. The number of nitro benzene ring substituents is 1. The van der Waals surface area contributed by atoms with E-state index >= 15 is 0 Å². The molecule has 0 heterocycles. The van der Waals surface area contributed by atoms with Crippen LogP contribution in [0.1, 0.15) is 21.5 Å². The Morgan fingerprint density at radius 3 is 2.45 bits per heavy atom. The molecule has 8 heteroatoms. The van der Waals surface area contributed by atoms with Gasteiger partial charge in [-0.1, -0.05) is 42.5 Å². The third-order valence-corrected chi connectivity index (χ3v) is 4.53. The van der Waals surface area contributed by atoms with Crippen LogP contribution in [0.5, 0.6) is 0 Å². The fourth-order valence-corrected chi connectivity index (χ4v) is 2.96. The molecule has 0 aliphatic carbocycles. The average Bonchev–Trinajstić information content (AvgIpc) is 2.78. The van der Waals surface area contributed by atoms with Gasteiger partial charge in [-0.05, 0) is 30.2 Å². The monoisotopic (exact) mass is 415 g/mol. The van der Waals surface area contributed by atoms with Gasteiger partial charge in [-0.15, -0.1) is 0 Å². The molecule has 0 aromatic heterocycles. The van der Waals surface area contributed by atoms with Crippen LogP contribution in [0.15, 0.2) is 66.7 Å². The van der Waals surface area contributed by atoms with Crippen LogP contribution < -0.4 is 5.32 Å². The van der Waals surface area contributed by atoms with Gasteiger partial charge in [-0.25, -0.2) is 4.79 Å². The van der Waals surface area contributed by atoms with Crippen LogP contribution in [0, 0.1) is 28.4 Å². The van der Waals surface area contributed by atoms with E-state index in [-0.39, 0.29) is 16.9 Å². The van der Waals surface area contributed by atoms with Gasteiger partial charge in [-0.3, -0.25) is 14.9 Å². The molecule has 3 aromatic carbocycles. The van der Waals surface area contributed by atoms with Gasteiger partial charge in [0.15, 0.2) is 6.61 Å². The summed E-state index contributed by atoms with van der Waals surface area (Å²) in [7, 11) is 0. The highest BCUT2D eigenvalue weighted by Crippen LogP contribution is 2.27. The third kappa shape index (κ3) is 4.92. The second-order valence-corrected chi connectivity index (χ2v) is 6.58. The lowest BCUT2D eigenvalue weighted by Crippen LogP contribution is -2.21. The van der Waals surface area contributed by atoms with Crippen LogP contribution in [0.3, 0.4) is 0 Å². The molecule has 1 N–H and O–H groups in total. The smallest absolute Gasteiger partial charge is 0.339 e. The predicted molar refractivity (Wildman–Crippen MR) is 113 cm³/mol. The summed E-state index contributed by atoms with van der Waals surface area (Å²) in [5.74, 6) is -1.36. The maximum atomic E-state index is 12.6. The molecule has 0 saturated carbocycles. The molecule has 0 atom stereocenters. The molecule has 0 unspecified atom stereocenters. The van der Waals surface area contributed by atoms with Crippen molar-refractivity contribution in [3.63, 3.8) is 0 Å². The zero-order chi connectivity index (χ0) is 22.4. The summed E-state index contributed by atoms with van der Waals surface area (Å²) in [5, 5.41) is 22.8. The second-order valence-electron chi connectivity index (χ2n) is 6.58. The molecule has 154 valence electrons. The van der Waals surface area contributed by atoms with Crippen LogP contribution in [-0.4, -0.2) is 23.4 Å². The summed E-state index contributed by atoms with van der Waals surface area (Å²) in [6.45, 7) is 1.11. The number of carbonyl (C=O) groups excluding carboxylic acids is 2. The van der Waals surface area contributed by atoms with Crippen molar-refractivity contribution in [3.8, 4) is 17.2 Å². The fraction of sp³-hybridized carbons (Fsp3) is 0.0870. The molecule has 0 spiro atoms. The minimum atomic E-state index is -0.728. The maximum Gasteiger partial charge on any atom is 0.339 e. The molecule has 3 aromatic rings. The molecule has 31 heavy (non-hydrogen) atoms. The van der Waals surface area contributed by atoms with Crippen LogP contribution >= 0.6 is 0 Å². The summed E-state index contributed by atoms with van der Waals surface area (Å²) < 4.78 is 5.15. The Hall–Kier alpha value is -4.51. The van der Waals surface area contributed by atoms with E-state index in [4.69, 9.17) is 4.74 Å². The quantitative estimate of drug-likeness (QED) is 0.365. The number of nitrogens with one attached hydrogen (secondary N) is 1. The van der Waals surface area contributed by atoms with Crippen molar-refractivity contribution in [3.05, 3.63) is 93.5 Å². The van der Waals surface area contributed by atoms with Crippen molar-refractivity contribution >= 4 is 23.3 Å². The number of non-ortho nitro benzene ring substituents is 1. The minimum absolute atomic E-state index is 0.164. The average molecular weight is 415 g/mol. The number of rotatable bonds is 6. The van der Waals surface area contributed by atoms with Gasteiger partial charge in [0.2, 0.25) is 0 Å². The molecule has 0 bridgehead atoms. The lowest BCUT2D eigenvalue weighted by atomic mass is 9.96. The van der Waals surface area contributed by atoms with Crippen molar-refractivity contribution < 1.29 is 19.2 Å². The Labute approximate surface area is 177 Å². The van der Waals surface area contributed by atoms with Crippen molar-refractivity contribution in [2.75, 3.05) is 11.9 Å². The van der Waals surface area contributed by atoms with Gasteiger partial charge >= 0.3 is 5.97 Å². The van der Waals surface area contributed by atoms with E-state index in [9.17, 15) is 25.0 Å². The van der Waals surface area contributed by atoms with Gasteiger partial charge in [0, 0.05) is 17.7 Å². The van der Waals surface area contributed by atoms with E-state index in [0.29, 0.717) is 22.3 Å². The normalized spacial score (nSPS) is 10.1. The highest BCUT2D eigenvalue weighted by atomic mass is 16.6. The van der Waals surface area contributed by atoms with Crippen molar-refractivity contribution in [1.29, 1.82) is 5.26 Å². The van der Waals surface area contributed by atoms with Crippen LogP contribution in [0.4, 0.5) is 11.4 Å². The van der Waals surface area contributed by atoms with E-state index in [1.165, 1.54) is 18.2 Å². The lowest BCUT2D eigenvalue weighted by Gasteiger charge is -2.12. The fourth-order valence-electron chi connectivity index (χ4n) is 2.96. The van der Waals surface area contributed by atoms with E-state index in [1.807, 2.05) is 0 Å². The van der Waals surface area contributed by atoms with E-state index in [2.05, 4.69) is 11.4 Å². The molecule has 0 saturated heterocycles. The number of ether oxygens (including phenoxy) is 1.